The molecule has 0 aromatic heterocycles. The summed E-state index contributed by atoms with van der Waals surface area (Å²) in [7, 11) is 2.06. The minimum Gasteiger partial charge on any atom is -0.298 e. The molecule has 1 heterocycles. The molecule has 1 saturated heterocycles. The summed E-state index contributed by atoms with van der Waals surface area (Å²) in [5.74, 6) is 0.478. The number of piperazine rings is 1. The van der Waals surface area contributed by atoms with Gasteiger partial charge in [0.15, 0.2) is 5.78 Å². The van der Waals surface area contributed by atoms with E-state index in [4.69, 9.17) is 11.6 Å². The molecule has 2 atom stereocenters. The molecule has 6 heteroatoms. The molecule has 1 saturated carbocycles. The van der Waals surface area contributed by atoms with Crippen LogP contribution in [0.25, 0.3) is 0 Å². The first-order valence-corrected chi connectivity index (χ1v) is 15.3. The van der Waals surface area contributed by atoms with Gasteiger partial charge in [-0.1, -0.05) is 49.1 Å². The Morgan fingerprint density at radius 1 is 1.03 bits per heavy atom. The van der Waals surface area contributed by atoms with E-state index in [1.165, 1.54) is 49.3 Å². The van der Waals surface area contributed by atoms with Crippen molar-refractivity contribution in [2.45, 2.75) is 90.3 Å². The minimum atomic E-state index is -0.301. The molecule has 0 N–H and O–H groups in total. The molecule has 0 bridgehead atoms. The largest absolute Gasteiger partial charge is 0.298 e. The van der Waals surface area contributed by atoms with Crippen molar-refractivity contribution in [1.82, 2.24) is 14.7 Å². The van der Waals surface area contributed by atoms with E-state index in [0.29, 0.717) is 29.1 Å². The molecular weight excluding hydrogens is 509 g/mol. The predicted octanol–water partition coefficient (Wildman–Crippen LogP) is 7.55. The summed E-state index contributed by atoms with van der Waals surface area (Å²) in [5, 5.41) is 0.559. The first kappa shape index (κ1) is 30.2. The van der Waals surface area contributed by atoms with Crippen molar-refractivity contribution >= 4 is 17.4 Å². The number of aryl methyl sites for hydroxylation is 1. The maximum Gasteiger partial charge on any atom is 0.151 e. The van der Waals surface area contributed by atoms with E-state index in [1.54, 1.807) is 19.1 Å². The Kier molecular flexibility index (Phi) is 10.6. The second-order valence-corrected chi connectivity index (χ2v) is 12.5. The smallest absolute Gasteiger partial charge is 0.151 e. The van der Waals surface area contributed by atoms with Gasteiger partial charge in [0.1, 0.15) is 5.82 Å². The number of hydrogen-bond donors (Lipinski definition) is 0. The topological polar surface area (TPSA) is 26.8 Å². The molecule has 1 aliphatic heterocycles. The average Bonchev–Trinajstić information content (AvgIpc) is 2.91. The van der Waals surface area contributed by atoms with Crippen molar-refractivity contribution in [3.05, 3.63) is 69.5 Å². The van der Waals surface area contributed by atoms with Crippen molar-refractivity contribution in [2.75, 3.05) is 39.8 Å². The Hall–Kier alpha value is -1.79. The minimum absolute atomic E-state index is 0.0941. The fourth-order valence-electron chi connectivity index (χ4n) is 6.98. The van der Waals surface area contributed by atoms with Crippen LogP contribution in [0.15, 0.2) is 36.4 Å². The summed E-state index contributed by atoms with van der Waals surface area (Å²) in [6.45, 7) is 12.8. The monoisotopic (exact) mass is 555 g/mol. The molecule has 2 aliphatic rings. The lowest BCUT2D eigenvalue weighted by Crippen LogP contribution is -2.50. The van der Waals surface area contributed by atoms with Crippen LogP contribution in [0, 0.1) is 12.7 Å². The number of halogens is 2. The normalized spacial score (nSPS) is 19.5. The van der Waals surface area contributed by atoms with E-state index in [-0.39, 0.29) is 23.7 Å². The fraction of sp³-hybridized carbons (Fsp3) is 0.606. The summed E-state index contributed by atoms with van der Waals surface area (Å²) < 4.78 is 15.2. The van der Waals surface area contributed by atoms with Gasteiger partial charge in [0.25, 0.3) is 0 Å². The summed E-state index contributed by atoms with van der Waals surface area (Å²) >= 11 is 6.36. The maximum absolute atomic E-state index is 15.2. The van der Waals surface area contributed by atoms with Gasteiger partial charge in [-0.15, -0.1) is 0 Å². The zero-order chi connectivity index (χ0) is 28.1. The molecule has 4 nitrogen and oxygen atoms in total. The molecule has 2 aromatic rings. The molecule has 39 heavy (non-hydrogen) atoms. The second kappa shape index (κ2) is 13.7. The van der Waals surface area contributed by atoms with Gasteiger partial charge in [0.2, 0.25) is 0 Å². The molecule has 2 fully saturated rings. The number of nitrogens with zero attached hydrogens (tertiary/aromatic N) is 3. The van der Waals surface area contributed by atoms with Crippen molar-refractivity contribution < 1.29 is 9.18 Å². The van der Waals surface area contributed by atoms with Gasteiger partial charge in [-0.3, -0.25) is 19.5 Å². The number of carbonyl (C=O) groups excluding carboxylic acids is 1. The van der Waals surface area contributed by atoms with E-state index in [2.05, 4.69) is 60.7 Å². The summed E-state index contributed by atoms with van der Waals surface area (Å²) in [5.41, 5.74) is 4.49. The molecule has 0 radical (unpaired) electrons. The van der Waals surface area contributed by atoms with Crippen molar-refractivity contribution in [1.29, 1.82) is 0 Å². The summed E-state index contributed by atoms with van der Waals surface area (Å²) in [4.78, 5) is 20.3. The quantitative estimate of drug-likeness (QED) is 0.302. The molecule has 1 aliphatic carbocycles. The maximum atomic E-state index is 15.2. The zero-order valence-electron chi connectivity index (χ0n) is 24.6. The van der Waals surface area contributed by atoms with Crippen LogP contribution < -0.4 is 0 Å². The summed E-state index contributed by atoms with van der Waals surface area (Å²) in [6, 6.07) is 11.5. The number of benzene rings is 2. The van der Waals surface area contributed by atoms with E-state index in [9.17, 15) is 4.79 Å². The van der Waals surface area contributed by atoms with Crippen LogP contribution in [0.1, 0.15) is 99.6 Å². The fourth-order valence-corrected chi connectivity index (χ4v) is 7.16. The molecule has 4 rings (SSSR count). The van der Waals surface area contributed by atoms with Crippen molar-refractivity contribution in [3.63, 3.8) is 0 Å². The lowest BCUT2D eigenvalue weighted by Gasteiger charge is -2.42. The highest BCUT2D eigenvalue weighted by atomic mass is 35.5. The predicted molar refractivity (Wildman–Crippen MR) is 160 cm³/mol. The molecule has 2 unspecified atom stereocenters. The molecule has 214 valence electrons. The van der Waals surface area contributed by atoms with Crippen molar-refractivity contribution in [3.8, 4) is 0 Å². The number of hydrogen-bond acceptors (Lipinski definition) is 4. The Morgan fingerprint density at radius 2 is 1.69 bits per heavy atom. The molecular formula is C33H47ClFN3O. The molecule has 0 spiro atoms. The van der Waals surface area contributed by atoms with E-state index < -0.39 is 0 Å². The van der Waals surface area contributed by atoms with Gasteiger partial charge < -0.3 is 0 Å². The third-order valence-electron chi connectivity index (χ3n) is 9.08. The molecule has 2 aromatic carbocycles. The Labute approximate surface area is 240 Å². The third-order valence-corrected chi connectivity index (χ3v) is 9.32. The van der Waals surface area contributed by atoms with E-state index in [0.717, 1.165) is 38.2 Å². The third kappa shape index (κ3) is 7.30. The van der Waals surface area contributed by atoms with Gasteiger partial charge in [0, 0.05) is 55.4 Å². The van der Waals surface area contributed by atoms with Crippen LogP contribution in [-0.2, 0) is 4.79 Å². The van der Waals surface area contributed by atoms with E-state index in [1.807, 2.05) is 0 Å². The first-order valence-electron chi connectivity index (χ1n) is 14.9. The first-order chi connectivity index (χ1) is 18.7. The lowest BCUT2D eigenvalue weighted by molar-refractivity contribution is -0.122. The average molecular weight is 556 g/mol. The SMILES string of the molecule is CC(=O)C(c1cccc(C)c1C1CCCCC1)N(C)CCC(c1cc(Cl)ccc1F)N1CCN(C(C)C)CC1. The van der Waals surface area contributed by atoms with Crippen LogP contribution in [0.5, 0.6) is 0 Å². The highest BCUT2D eigenvalue weighted by Gasteiger charge is 2.32. The number of Topliss-reactive ketones (excluding diaryl/α,β-unsaturated/α-hetero) is 1. The van der Waals surface area contributed by atoms with Gasteiger partial charge in [-0.25, -0.2) is 4.39 Å². The van der Waals surface area contributed by atoms with Crippen LogP contribution in [0.2, 0.25) is 5.02 Å². The Bertz CT molecular complexity index is 1110. The van der Waals surface area contributed by atoms with Crippen LogP contribution in [0.4, 0.5) is 4.39 Å². The van der Waals surface area contributed by atoms with Gasteiger partial charge in [-0.05, 0) is 94.8 Å². The highest BCUT2D eigenvalue weighted by molar-refractivity contribution is 6.30. The number of ketones is 1. The zero-order valence-corrected chi connectivity index (χ0v) is 25.3. The highest BCUT2D eigenvalue weighted by Crippen LogP contribution is 2.40. The summed E-state index contributed by atoms with van der Waals surface area (Å²) in [6.07, 6.45) is 6.95. The number of rotatable bonds is 10. The van der Waals surface area contributed by atoms with E-state index >= 15 is 4.39 Å². The van der Waals surface area contributed by atoms with Gasteiger partial charge >= 0.3 is 0 Å². The van der Waals surface area contributed by atoms with Crippen LogP contribution in [0.3, 0.4) is 0 Å². The second-order valence-electron chi connectivity index (χ2n) is 12.0. The lowest BCUT2D eigenvalue weighted by atomic mass is 9.78. The van der Waals surface area contributed by atoms with Crippen LogP contribution in [-0.4, -0.2) is 66.3 Å². The van der Waals surface area contributed by atoms with Gasteiger partial charge in [-0.2, -0.15) is 0 Å². The Balaban J connectivity index is 1.58. The number of likely N-dealkylation sites (N-methyl/N-ethyl adjacent to an activating group) is 1. The van der Waals surface area contributed by atoms with Crippen molar-refractivity contribution in [2.24, 2.45) is 0 Å². The van der Waals surface area contributed by atoms with Crippen LogP contribution >= 0.6 is 11.6 Å². The number of carbonyl (C=O) groups is 1. The molecule has 0 amide bonds. The van der Waals surface area contributed by atoms with Gasteiger partial charge in [0.05, 0.1) is 6.04 Å². The Morgan fingerprint density at radius 3 is 2.33 bits per heavy atom. The standard InChI is InChI=1S/C33H47ClFN3O/c1-23(2)37-18-20-38(21-19-37)31(29-22-27(34)14-15-30(29)35)16-17-36(5)33(25(4)39)28-13-9-10-24(3)32(28)26-11-7-6-8-12-26/h9-10,13-15,22-23,26,31,33H,6-8,11-12,16-21H2,1-5H3.